The van der Waals surface area contributed by atoms with Crippen molar-refractivity contribution in [1.82, 2.24) is 10.2 Å². The Morgan fingerprint density at radius 3 is 2.74 bits per heavy atom. The van der Waals surface area contributed by atoms with Crippen LogP contribution < -0.4 is 5.32 Å². The highest BCUT2D eigenvalue weighted by molar-refractivity contribution is 5.74. The molecule has 4 nitrogen and oxygen atoms in total. The molecule has 4 heteroatoms. The zero-order chi connectivity index (χ0) is 14.0. The van der Waals surface area contributed by atoms with Crippen molar-refractivity contribution in [1.29, 1.82) is 0 Å². The van der Waals surface area contributed by atoms with E-state index in [2.05, 4.69) is 19.2 Å². The maximum absolute atomic E-state index is 12.2. The number of hydrogen-bond acceptors (Lipinski definition) is 2. The van der Waals surface area contributed by atoms with Gasteiger partial charge in [-0.25, -0.2) is 4.79 Å². The number of nitrogens with zero attached hydrogens (tertiary/aromatic N) is 1. The largest absolute Gasteiger partial charge is 0.389 e. The molecule has 0 aromatic heterocycles. The number of rotatable bonds is 2. The highest BCUT2D eigenvalue weighted by Crippen LogP contribution is 2.39. The van der Waals surface area contributed by atoms with E-state index < -0.39 is 5.60 Å². The van der Waals surface area contributed by atoms with Gasteiger partial charge in [-0.3, -0.25) is 0 Å². The van der Waals surface area contributed by atoms with Gasteiger partial charge in [0.15, 0.2) is 0 Å². The molecule has 0 spiro atoms. The number of nitrogens with one attached hydrogen (secondary N) is 1. The number of hydrogen-bond donors (Lipinski definition) is 2. The Labute approximate surface area is 116 Å². The molecule has 0 radical (unpaired) electrons. The first kappa shape index (κ1) is 14.6. The normalized spacial score (nSPS) is 32.9. The number of carbonyl (C=O) groups is 1. The molecule has 19 heavy (non-hydrogen) atoms. The first-order chi connectivity index (χ1) is 8.92. The lowest BCUT2D eigenvalue weighted by Gasteiger charge is -2.47. The van der Waals surface area contributed by atoms with Crippen LogP contribution in [0.4, 0.5) is 4.79 Å². The second-order valence-electron chi connectivity index (χ2n) is 6.72. The highest BCUT2D eigenvalue weighted by Gasteiger charge is 2.43. The molecule has 1 aliphatic carbocycles. The third kappa shape index (κ3) is 3.22. The van der Waals surface area contributed by atoms with E-state index in [1.165, 1.54) is 6.42 Å². The molecule has 0 bridgehead atoms. The Bertz CT molecular complexity index is 332. The summed E-state index contributed by atoms with van der Waals surface area (Å²) in [6.45, 7) is 7.67. The number of aliphatic hydroxyl groups is 1. The lowest BCUT2D eigenvalue weighted by atomic mass is 9.71. The van der Waals surface area contributed by atoms with Gasteiger partial charge in [-0.1, -0.05) is 26.7 Å². The fraction of sp³-hybridized carbons (Fsp3) is 0.933. The van der Waals surface area contributed by atoms with E-state index in [1.807, 2.05) is 11.8 Å². The van der Waals surface area contributed by atoms with E-state index in [1.54, 1.807) is 0 Å². The van der Waals surface area contributed by atoms with Crippen LogP contribution in [0, 0.1) is 11.8 Å². The molecule has 2 amide bonds. The highest BCUT2D eigenvalue weighted by atomic mass is 16.3. The van der Waals surface area contributed by atoms with E-state index in [-0.39, 0.29) is 18.0 Å². The van der Waals surface area contributed by atoms with Crippen LogP contribution in [0.15, 0.2) is 0 Å². The van der Waals surface area contributed by atoms with Crippen molar-refractivity contribution in [2.45, 2.75) is 64.5 Å². The van der Waals surface area contributed by atoms with Crippen molar-refractivity contribution in [2.75, 3.05) is 13.1 Å². The molecule has 2 fully saturated rings. The van der Waals surface area contributed by atoms with Gasteiger partial charge >= 0.3 is 6.03 Å². The topological polar surface area (TPSA) is 52.6 Å². The standard InChI is InChI=1S/C15H28N2O2/c1-11(2)12(3)16-14(18)17-9-8-15(19)7-5-4-6-13(15)10-17/h11-13,19H,4-10H2,1-3H3,(H,16,18). The lowest BCUT2D eigenvalue weighted by molar-refractivity contribution is -0.0872. The molecule has 3 atom stereocenters. The van der Waals surface area contributed by atoms with Crippen molar-refractivity contribution < 1.29 is 9.90 Å². The van der Waals surface area contributed by atoms with Gasteiger partial charge in [-0.05, 0) is 32.1 Å². The average molecular weight is 268 g/mol. The summed E-state index contributed by atoms with van der Waals surface area (Å²) in [6, 6.07) is 0.230. The predicted molar refractivity (Wildman–Crippen MR) is 75.9 cm³/mol. The van der Waals surface area contributed by atoms with Crippen LogP contribution in [0.3, 0.4) is 0 Å². The molecule has 2 aliphatic rings. The summed E-state index contributed by atoms with van der Waals surface area (Å²) >= 11 is 0. The van der Waals surface area contributed by atoms with Crippen molar-refractivity contribution in [3.05, 3.63) is 0 Å². The van der Waals surface area contributed by atoms with Crippen LogP contribution >= 0.6 is 0 Å². The maximum Gasteiger partial charge on any atom is 0.317 e. The molecule has 110 valence electrons. The van der Waals surface area contributed by atoms with Gasteiger partial charge in [-0.15, -0.1) is 0 Å². The second kappa shape index (κ2) is 5.70. The first-order valence-corrected chi connectivity index (χ1v) is 7.70. The number of likely N-dealkylation sites (tertiary alicyclic amines) is 1. The fourth-order valence-electron chi connectivity index (χ4n) is 3.21. The van der Waals surface area contributed by atoms with Crippen LogP contribution in [0.25, 0.3) is 0 Å². The third-order valence-corrected chi connectivity index (χ3v) is 5.07. The lowest BCUT2D eigenvalue weighted by Crippen LogP contribution is -2.57. The summed E-state index contributed by atoms with van der Waals surface area (Å²) in [6.07, 6.45) is 5.02. The number of fused-ring (bicyclic) bond motifs is 1. The van der Waals surface area contributed by atoms with E-state index in [0.29, 0.717) is 19.0 Å². The number of amides is 2. The Balaban J connectivity index is 1.91. The fourth-order valence-corrected chi connectivity index (χ4v) is 3.21. The molecule has 2 rings (SSSR count). The van der Waals surface area contributed by atoms with Crippen molar-refractivity contribution in [3.8, 4) is 0 Å². The minimum atomic E-state index is -0.501. The summed E-state index contributed by atoms with van der Waals surface area (Å²) in [5, 5.41) is 13.7. The van der Waals surface area contributed by atoms with Gasteiger partial charge in [-0.2, -0.15) is 0 Å². The van der Waals surface area contributed by atoms with Crippen molar-refractivity contribution in [2.24, 2.45) is 11.8 Å². The molecule has 1 aliphatic heterocycles. The molecule has 0 aromatic carbocycles. The Kier molecular flexibility index (Phi) is 4.39. The summed E-state index contributed by atoms with van der Waals surface area (Å²) in [4.78, 5) is 14.1. The smallest absolute Gasteiger partial charge is 0.317 e. The Hall–Kier alpha value is -0.770. The minimum absolute atomic E-state index is 0.0359. The van der Waals surface area contributed by atoms with E-state index >= 15 is 0 Å². The Morgan fingerprint density at radius 1 is 1.32 bits per heavy atom. The molecule has 3 unspecified atom stereocenters. The quantitative estimate of drug-likeness (QED) is 0.808. The molecular weight excluding hydrogens is 240 g/mol. The van der Waals surface area contributed by atoms with Gasteiger partial charge in [0.05, 0.1) is 5.60 Å². The minimum Gasteiger partial charge on any atom is -0.389 e. The van der Waals surface area contributed by atoms with Gasteiger partial charge in [0, 0.05) is 25.0 Å². The molecule has 2 N–H and O–H groups in total. The monoisotopic (exact) mass is 268 g/mol. The van der Waals surface area contributed by atoms with Crippen molar-refractivity contribution >= 4 is 6.03 Å². The van der Waals surface area contributed by atoms with Crippen LogP contribution in [0.1, 0.15) is 52.9 Å². The Morgan fingerprint density at radius 2 is 2.05 bits per heavy atom. The van der Waals surface area contributed by atoms with E-state index in [9.17, 15) is 9.90 Å². The SMILES string of the molecule is CC(C)C(C)NC(=O)N1CCC2(O)CCCCC2C1. The van der Waals surface area contributed by atoms with Gasteiger partial charge in [0.2, 0.25) is 0 Å². The van der Waals surface area contributed by atoms with Crippen LogP contribution in [-0.4, -0.2) is 40.8 Å². The molecule has 1 heterocycles. The maximum atomic E-state index is 12.2. The van der Waals surface area contributed by atoms with E-state index in [0.717, 1.165) is 25.7 Å². The van der Waals surface area contributed by atoms with Gasteiger partial charge in [0.25, 0.3) is 0 Å². The number of carbonyl (C=O) groups excluding carboxylic acids is 1. The first-order valence-electron chi connectivity index (χ1n) is 7.70. The summed E-state index contributed by atoms with van der Waals surface area (Å²) in [7, 11) is 0. The summed E-state index contributed by atoms with van der Waals surface area (Å²) in [5.74, 6) is 0.718. The average Bonchev–Trinajstić information content (AvgIpc) is 2.37. The van der Waals surface area contributed by atoms with Crippen molar-refractivity contribution in [3.63, 3.8) is 0 Å². The molecular formula is C15H28N2O2. The van der Waals surface area contributed by atoms with Crippen LogP contribution in [0.5, 0.6) is 0 Å². The molecule has 1 saturated heterocycles. The second-order valence-corrected chi connectivity index (χ2v) is 6.72. The van der Waals surface area contributed by atoms with Crippen LogP contribution in [-0.2, 0) is 0 Å². The van der Waals surface area contributed by atoms with Gasteiger partial charge in [0.1, 0.15) is 0 Å². The van der Waals surface area contributed by atoms with E-state index in [4.69, 9.17) is 0 Å². The van der Waals surface area contributed by atoms with Crippen LogP contribution in [0.2, 0.25) is 0 Å². The third-order valence-electron chi connectivity index (χ3n) is 5.07. The number of urea groups is 1. The molecule has 1 saturated carbocycles. The predicted octanol–water partition coefficient (Wildman–Crippen LogP) is 2.37. The zero-order valence-corrected chi connectivity index (χ0v) is 12.5. The molecule has 0 aromatic rings. The zero-order valence-electron chi connectivity index (χ0n) is 12.5. The number of piperidine rings is 1. The summed E-state index contributed by atoms with van der Waals surface area (Å²) in [5.41, 5.74) is -0.501. The summed E-state index contributed by atoms with van der Waals surface area (Å²) < 4.78 is 0. The van der Waals surface area contributed by atoms with Gasteiger partial charge < -0.3 is 15.3 Å².